The molecule has 1 saturated carbocycles. The Morgan fingerprint density at radius 3 is 2.69 bits per heavy atom. The molecule has 7 heteroatoms. The highest BCUT2D eigenvalue weighted by Crippen LogP contribution is 2.29. The van der Waals surface area contributed by atoms with Gasteiger partial charge in [0.15, 0.2) is 5.11 Å². The Bertz CT molecular complexity index is 1050. The predicted molar refractivity (Wildman–Crippen MR) is 140 cm³/mol. The van der Waals surface area contributed by atoms with Gasteiger partial charge >= 0.3 is 0 Å². The molecule has 0 atom stereocenters. The van der Waals surface area contributed by atoms with Crippen LogP contribution in [-0.2, 0) is 6.42 Å². The average molecular weight is 466 g/mol. The minimum absolute atomic E-state index is 0.541. The molecule has 32 heavy (non-hydrogen) atoms. The van der Waals surface area contributed by atoms with Gasteiger partial charge in [-0.2, -0.15) is 4.37 Å². The molecule has 1 aliphatic carbocycles. The van der Waals surface area contributed by atoms with Gasteiger partial charge in [0.25, 0.3) is 0 Å². The van der Waals surface area contributed by atoms with Gasteiger partial charge in [-0.1, -0.05) is 37.1 Å². The molecule has 1 aliphatic heterocycles. The molecule has 0 bridgehead atoms. The first-order chi connectivity index (χ1) is 15.7. The Morgan fingerprint density at radius 1 is 1.03 bits per heavy atom. The van der Waals surface area contributed by atoms with E-state index in [2.05, 4.69) is 69.0 Å². The van der Waals surface area contributed by atoms with Crippen molar-refractivity contribution < 1.29 is 0 Å². The molecule has 2 fully saturated rings. The summed E-state index contributed by atoms with van der Waals surface area (Å²) in [5.41, 5.74) is 2.44. The van der Waals surface area contributed by atoms with E-state index in [-0.39, 0.29) is 0 Å². The molecule has 168 valence electrons. The summed E-state index contributed by atoms with van der Waals surface area (Å²) in [6, 6.07) is 17.8. The molecule has 2 heterocycles. The number of thiocarbonyl (C=S) groups is 1. The predicted octanol–water partition coefficient (Wildman–Crippen LogP) is 4.89. The Hall–Kier alpha value is -2.22. The molecule has 2 aromatic carbocycles. The molecule has 0 spiro atoms. The summed E-state index contributed by atoms with van der Waals surface area (Å²) in [6.07, 6.45) is 6.13. The second kappa shape index (κ2) is 10.1. The van der Waals surface area contributed by atoms with Crippen molar-refractivity contribution in [1.82, 2.24) is 14.6 Å². The van der Waals surface area contributed by atoms with Crippen molar-refractivity contribution in [2.75, 3.05) is 42.9 Å². The van der Waals surface area contributed by atoms with E-state index in [1.165, 1.54) is 41.3 Å². The molecule has 1 aromatic heterocycles. The molecular weight excluding hydrogens is 434 g/mol. The zero-order valence-electron chi connectivity index (χ0n) is 18.4. The van der Waals surface area contributed by atoms with E-state index in [9.17, 15) is 0 Å². The van der Waals surface area contributed by atoms with Crippen LogP contribution >= 0.6 is 23.8 Å². The van der Waals surface area contributed by atoms with Crippen LogP contribution in [0.4, 0.5) is 11.5 Å². The van der Waals surface area contributed by atoms with Crippen LogP contribution in [-0.4, -0.2) is 53.2 Å². The lowest BCUT2D eigenvalue weighted by Gasteiger charge is -2.35. The molecule has 5 nitrogen and oxygen atoms in total. The van der Waals surface area contributed by atoms with Crippen molar-refractivity contribution in [2.45, 2.75) is 38.1 Å². The highest BCUT2D eigenvalue weighted by Gasteiger charge is 2.20. The van der Waals surface area contributed by atoms with Gasteiger partial charge in [-0.3, -0.25) is 4.90 Å². The van der Waals surface area contributed by atoms with E-state index < -0.39 is 0 Å². The van der Waals surface area contributed by atoms with Crippen molar-refractivity contribution >= 4 is 50.5 Å². The minimum Gasteiger partial charge on any atom is -0.360 e. The Kier molecular flexibility index (Phi) is 6.86. The first-order valence-electron chi connectivity index (χ1n) is 11.7. The van der Waals surface area contributed by atoms with Gasteiger partial charge < -0.3 is 15.5 Å². The van der Waals surface area contributed by atoms with E-state index in [0.717, 1.165) is 55.8 Å². The van der Waals surface area contributed by atoms with Gasteiger partial charge in [-0.05, 0) is 72.8 Å². The third-order valence-corrected chi connectivity index (χ3v) is 7.66. The first-order valence-corrected chi connectivity index (χ1v) is 12.9. The fraction of sp³-hybridized carbons (Fsp3) is 0.440. The number of benzene rings is 2. The smallest absolute Gasteiger partial charge is 0.170 e. The van der Waals surface area contributed by atoms with Gasteiger partial charge in [-0.15, -0.1) is 0 Å². The monoisotopic (exact) mass is 465 g/mol. The van der Waals surface area contributed by atoms with E-state index in [1.54, 1.807) is 11.5 Å². The maximum Gasteiger partial charge on any atom is 0.170 e. The van der Waals surface area contributed by atoms with Crippen LogP contribution in [0.5, 0.6) is 0 Å². The third-order valence-electron chi connectivity index (χ3n) is 6.62. The van der Waals surface area contributed by atoms with Crippen LogP contribution in [0, 0.1) is 0 Å². The lowest BCUT2D eigenvalue weighted by atomic mass is 10.1. The number of hydrogen-bond acceptors (Lipinski definition) is 5. The lowest BCUT2D eigenvalue weighted by molar-refractivity contribution is 0.261. The van der Waals surface area contributed by atoms with Crippen molar-refractivity contribution in [2.24, 2.45) is 0 Å². The Balaban J connectivity index is 1.10. The average Bonchev–Trinajstić information content (AvgIpc) is 3.48. The molecule has 2 aliphatic rings. The zero-order valence-corrected chi connectivity index (χ0v) is 20.1. The quantitative estimate of drug-likeness (QED) is 0.506. The summed E-state index contributed by atoms with van der Waals surface area (Å²) < 4.78 is 6.00. The van der Waals surface area contributed by atoms with Gasteiger partial charge in [0, 0.05) is 49.8 Å². The highest BCUT2D eigenvalue weighted by atomic mass is 32.1. The van der Waals surface area contributed by atoms with Crippen LogP contribution in [0.3, 0.4) is 0 Å². The molecular formula is C25H31N5S2. The van der Waals surface area contributed by atoms with Crippen LogP contribution in [0.15, 0.2) is 48.5 Å². The number of nitrogens with one attached hydrogen (secondary N) is 2. The maximum atomic E-state index is 5.52. The number of nitrogens with zero attached hydrogens (tertiary/aromatic N) is 3. The Morgan fingerprint density at radius 2 is 1.84 bits per heavy atom. The van der Waals surface area contributed by atoms with Gasteiger partial charge in [0.1, 0.15) is 5.82 Å². The lowest BCUT2D eigenvalue weighted by Crippen LogP contribution is -2.47. The molecule has 0 radical (unpaired) electrons. The van der Waals surface area contributed by atoms with Gasteiger partial charge in [-0.25, -0.2) is 0 Å². The van der Waals surface area contributed by atoms with Crippen LogP contribution in [0.25, 0.3) is 10.1 Å². The van der Waals surface area contributed by atoms with Crippen LogP contribution < -0.4 is 15.5 Å². The van der Waals surface area contributed by atoms with E-state index in [4.69, 9.17) is 16.6 Å². The first kappa shape index (κ1) is 21.6. The summed E-state index contributed by atoms with van der Waals surface area (Å²) in [6.45, 7) is 5.32. The topological polar surface area (TPSA) is 43.4 Å². The fourth-order valence-corrected chi connectivity index (χ4v) is 5.88. The van der Waals surface area contributed by atoms with Crippen LogP contribution in [0.2, 0.25) is 0 Å². The number of fused-ring (bicyclic) bond motifs is 1. The summed E-state index contributed by atoms with van der Waals surface area (Å²) in [5.74, 6) is 1.16. The van der Waals surface area contributed by atoms with Gasteiger partial charge in [0.2, 0.25) is 0 Å². The fourth-order valence-electron chi connectivity index (χ4n) is 4.80. The minimum atomic E-state index is 0.541. The normalized spacial score (nSPS) is 17.7. The van der Waals surface area contributed by atoms with Gasteiger partial charge in [0.05, 0.1) is 4.70 Å². The summed E-state index contributed by atoms with van der Waals surface area (Å²) >= 11 is 7.12. The van der Waals surface area contributed by atoms with Crippen molar-refractivity contribution in [3.05, 3.63) is 54.1 Å². The Labute approximate surface area is 200 Å². The number of rotatable bonds is 6. The number of anilines is 2. The molecule has 1 saturated heterocycles. The van der Waals surface area contributed by atoms with Crippen molar-refractivity contribution in [1.29, 1.82) is 0 Å². The molecule has 3 aromatic rings. The molecule has 0 unspecified atom stereocenters. The number of piperazine rings is 1. The van der Waals surface area contributed by atoms with E-state index >= 15 is 0 Å². The van der Waals surface area contributed by atoms with Crippen molar-refractivity contribution in [3.63, 3.8) is 0 Å². The SMILES string of the molecule is S=C(Nc1cccc(CCN2CCN(c3nsc4ccccc34)CC2)c1)NC1CCCC1. The highest BCUT2D eigenvalue weighted by molar-refractivity contribution is 7.80. The van der Waals surface area contributed by atoms with E-state index in [1.807, 2.05) is 0 Å². The summed E-state index contributed by atoms with van der Waals surface area (Å²) in [5, 5.41) is 8.87. The second-order valence-corrected chi connectivity index (χ2v) is 10.1. The van der Waals surface area contributed by atoms with Crippen LogP contribution in [0.1, 0.15) is 31.2 Å². The second-order valence-electron chi connectivity index (χ2n) is 8.86. The van der Waals surface area contributed by atoms with Crippen molar-refractivity contribution in [3.8, 4) is 0 Å². The maximum absolute atomic E-state index is 5.52. The number of hydrogen-bond donors (Lipinski definition) is 2. The third kappa shape index (κ3) is 5.22. The largest absolute Gasteiger partial charge is 0.360 e. The standard InChI is InChI=1S/C25H31N5S2/c31-25(26-20-7-1-2-8-20)27-21-9-5-6-19(18-21)12-13-29-14-16-30(17-15-29)24-22-10-3-4-11-23(22)32-28-24/h3-6,9-11,18,20H,1-2,7-8,12-17H2,(H2,26,27,31). The zero-order chi connectivity index (χ0) is 21.8. The number of aromatic nitrogens is 1. The van der Waals surface area contributed by atoms with E-state index in [0.29, 0.717) is 6.04 Å². The summed E-state index contributed by atoms with van der Waals surface area (Å²) in [7, 11) is 0. The molecule has 0 amide bonds. The summed E-state index contributed by atoms with van der Waals surface area (Å²) in [4.78, 5) is 5.01. The molecule has 5 rings (SSSR count). The molecule has 2 N–H and O–H groups in total.